The Balaban J connectivity index is 2.11. The molecule has 0 bridgehead atoms. The molecule has 1 aromatic carbocycles. The van der Waals surface area contributed by atoms with Crippen LogP contribution in [0.1, 0.15) is 30.9 Å². The minimum Gasteiger partial charge on any atom is -0.493 e. The third-order valence-electron chi connectivity index (χ3n) is 2.80. The summed E-state index contributed by atoms with van der Waals surface area (Å²) >= 11 is 6.05. The molecule has 0 N–H and O–H groups in total. The molecule has 0 saturated carbocycles. The summed E-state index contributed by atoms with van der Waals surface area (Å²) in [7, 11) is 0. The molecule has 0 aliphatic carbocycles. The molecule has 1 aliphatic rings. The van der Waals surface area contributed by atoms with Crippen molar-refractivity contribution >= 4 is 17.4 Å². The Labute approximate surface area is 101 Å². The second-order valence-corrected chi connectivity index (χ2v) is 4.64. The molecular formula is C13H15ClO2. The topological polar surface area (TPSA) is 26.3 Å². The zero-order valence-corrected chi connectivity index (χ0v) is 10.1. The molecule has 0 fully saturated rings. The summed E-state index contributed by atoms with van der Waals surface area (Å²) in [6.45, 7) is 2.37. The average molecular weight is 239 g/mol. The van der Waals surface area contributed by atoms with Gasteiger partial charge in [-0.05, 0) is 43.0 Å². The fourth-order valence-corrected chi connectivity index (χ4v) is 2.32. The number of hydrogen-bond acceptors (Lipinski definition) is 2. The Morgan fingerprint density at radius 2 is 2.31 bits per heavy atom. The van der Waals surface area contributed by atoms with Crippen LogP contribution in [0.4, 0.5) is 0 Å². The van der Waals surface area contributed by atoms with E-state index in [2.05, 4.69) is 0 Å². The summed E-state index contributed by atoms with van der Waals surface area (Å²) in [6, 6.07) is 3.92. The van der Waals surface area contributed by atoms with Crippen LogP contribution in [0.25, 0.3) is 0 Å². The van der Waals surface area contributed by atoms with Crippen molar-refractivity contribution in [1.82, 2.24) is 0 Å². The van der Waals surface area contributed by atoms with Gasteiger partial charge in [-0.1, -0.05) is 11.6 Å². The molecule has 0 spiro atoms. The van der Waals surface area contributed by atoms with Gasteiger partial charge >= 0.3 is 0 Å². The van der Waals surface area contributed by atoms with Crippen LogP contribution in [0.3, 0.4) is 0 Å². The van der Waals surface area contributed by atoms with Crippen molar-refractivity contribution < 1.29 is 9.53 Å². The van der Waals surface area contributed by atoms with Crippen LogP contribution >= 0.6 is 11.6 Å². The Kier molecular flexibility index (Phi) is 3.49. The summed E-state index contributed by atoms with van der Waals surface area (Å²) in [5.41, 5.74) is 2.34. The van der Waals surface area contributed by atoms with Gasteiger partial charge in [-0.15, -0.1) is 0 Å². The largest absolute Gasteiger partial charge is 0.493 e. The van der Waals surface area contributed by atoms with Crippen LogP contribution in [0, 0.1) is 0 Å². The number of benzene rings is 1. The van der Waals surface area contributed by atoms with E-state index in [0.29, 0.717) is 6.42 Å². The molecule has 1 aliphatic heterocycles. The maximum Gasteiger partial charge on any atom is 0.129 e. The van der Waals surface area contributed by atoms with E-state index in [4.69, 9.17) is 16.3 Å². The molecule has 0 atom stereocenters. The second-order valence-electron chi connectivity index (χ2n) is 4.21. The Hall–Kier alpha value is -1.02. The standard InChI is InChI=1S/C13H15ClO2/c1-9(15)3-2-4-10-7-12(14)8-11-5-6-16-13(10)11/h7-8H,2-6H2,1H3. The number of aryl methyl sites for hydroxylation is 1. The van der Waals surface area contributed by atoms with Crippen LogP contribution in [-0.4, -0.2) is 12.4 Å². The molecule has 0 amide bonds. The lowest BCUT2D eigenvalue weighted by molar-refractivity contribution is -0.117. The fourth-order valence-electron chi connectivity index (χ4n) is 2.06. The van der Waals surface area contributed by atoms with E-state index in [1.165, 1.54) is 5.56 Å². The molecule has 0 unspecified atom stereocenters. The number of halogens is 1. The van der Waals surface area contributed by atoms with Crippen LogP contribution < -0.4 is 4.74 Å². The highest BCUT2D eigenvalue weighted by Crippen LogP contribution is 2.33. The van der Waals surface area contributed by atoms with Crippen molar-refractivity contribution in [3.05, 3.63) is 28.3 Å². The molecule has 2 rings (SSSR count). The lowest BCUT2D eigenvalue weighted by Gasteiger charge is -2.08. The van der Waals surface area contributed by atoms with E-state index < -0.39 is 0 Å². The van der Waals surface area contributed by atoms with Gasteiger partial charge in [0.2, 0.25) is 0 Å². The monoisotopic (exact) mass is 238 g/mol. The molecule has 3 heteroatoms. The number of carbonyl (C=O) groups is 1. The van der Waals surface area contributed by atoms with E-state index in [0.717, 1.165) is 42.2 Å². The Bertz CT molecular complexity index is 413. The predicted molar refractivity (Wildman–Crippen MR) is 64.3 cm³/mol. The number of rotatable bonds is 4. The number of hydrogen-bond donors (Lipinski definition) is 0. The van der Waals surface area contributed by atoms with E-state index in [9.17, 15) is 4.79 Å². The molecule has 0 saturated heterocycles. The maximum atomic E-state index is 10.9. The molecule has 16 heavy (non-hydrogen) atoms. The summed E-state index contributed by atoms with van der Waals surface area (Å²) in [5, 5.41) is 0.766. The highest BCUT2D eigenvalue weighted by Gasteiger charge is 2.17. The lowest BCUT2D eigenvalue weighted by Crippen LogP contribution is -1.95. The van der Waals surface area contributed by atoms with Gasteiger partial charge in [-0.25, -0.2) is 0 Å². The molecule has 0 radical (unpaired) electrons. The maximum absolute atomic E-state index is 10.9. The molecular weight excluding hydrogens is 224 g/mol. The van der Waals surface area contributed by atoms with Gasteiger partial charge in [0.25, 0.3) is 0 Å². The predicted octanol–water partition coefficient (Wildman–Crippen LogP) is 3.19. The van der Waals surface area contributed by atoms with Crippen molar-refractivity contribution in [3.8, 4) is 5.75 Å². The smallest absolute Gasteiger partial charge is 0.129 e. The number of Topliss-reactive ketones (excluding diaryl/α,β-unsaturated/α-hetero) is 1. The quantitative estimate of drug-likeness (QED) is 0.805. The van der Waals surface area contributed by atoms with Crippen molar-refractivity contribution in [3.63, 3.8) is 0 Å². The van der Waals surface area contributed by atoms with Gasteiger partial charge in [-0.3, -0.25) is 0 Å². The second kappa shape index (κ2) is 4.88. The Morgan fingerprint density at radius 3 is 3.06 bits per heavy atom. The van der Waals surface area contributed by atoms with Crippen molar-refractivity contribution in [2.45, 2.75) is 32.6 Å². The van der Waals surface area contributed by atoms with Crippen LogP contribution in [0.15, 0.2) is 12.1 Å². The van der Waals surface area contributed by atoms with Gasteiger partial charge in [-0.2, -0.15) is 0 Å². The highest BCUT2D eigenvalue weighted by atomic mass is 35.5. The van der Waals surface area contributed by atoms with Gasteiger partial charge < -0.3 is 9.53 Å². The fraction of sp³-hybridized carbons (Fsp3) is 0.462. The Morgan fingerprint density at radius 1 is 1.50 bits per heavy atom. The third-order valence-corrected chi connectivity index (χ3v) is 3.02. The zero-order chi connectivity index (χ0) is 11.5. The highest BCUT2D eigenvalue weighted by molar-refractivity contribution is 6.30. The summed E-state index contributed by atoms with van der Waals surface area (Å²) in [5.74, 6) is 1.23. The van der Waals surface area contributed by atoms with Crippen LogP contribution in [0.2, 0.25) is 5.02 Å². The van der Waals surface area contributed by atoms with Gasteiger partial charge in [0.05, 0.1) is 6.61 Å². The van der Waals surface area contributed by atoms with Gasteiger partial charge in [0.1, 0.15) is 11.5 Å². The van der Waals surface area contributed by atoms with Crippen LogP contribution in [0.5, 0.6) is 5.75 Å². The first kappa shape index (κ1) is 11.5. The number of carbonyl (C=O) groups excluding carboxylic acids is 1. The van der Waals surface area contributed by atoms with Crippen molar-refractivity contribution in [2.24, 2.45) is 0 Å². The van der Waals surface area contributed by atoms with E-state index in [-0.39, 0.29) is 5.78 Å². The first-order valence-corrected chi connectivity index (χ1v) is 5.98. The van der Waals surface area contributed by atoms with Crippen molar-refractivity contribution in [2.75, 3.05) is 6.61 Å². The molecule has 2 nitrogen and oxygen atoms in total. The average Bonchev–Trinajstić information content (AvgIpc) is 2.64. The summed E-state index contributed by atoms with van der Waals surface area (Å²) < 4.78 is 5.60. The first-order chi connectivity index (χ1) is 7.66. The normalized spacial score (nSPS) is 13.4. The SMILES string of the molecule is CC(=O)CCCc1cc(Cl)cc2c1OCC2. The number of ketones is 1. The first-order valence-electron chi connectivity index (χ1n) is 5.60. The van der Waals surface area contributed by atoms with E-state index in [1.807, 2.05) is 12.1 Å². The third kappa shape index (κ3) is 2.56. The van der Waals surface area contributed by atoms with E-state index >= 15 is 0 Å². The minimum absolute atomic E-state index is 0.236. The minimum atomic E-state index is 0.236. The lowest BCUT2D eigenvalue weighted by atomic mass is 10.0. The van der Waals surface area contributed by atoms with Gasteiger partial charge in [0, 0.05) is 17.9 Å². The summed E-state index contributed by atoms with van der Waals surface area (Å²) in [6.07, 6.45) is 3.30. The molecule has 1 aromatic rings. The van der Waals surface area contributed by atoms with Gasteiger partial charge in [0.15, 0.2) is 0 Å². The summed E-state index contributed by atoms with van der Waals surface area (Å²) in [4.78, 5) is 10.9. The molecule has 86 valence electrons. The number of fused-ring (bicyclic) bond motifs is 1. The van der Waals surface area contributed by atoms with Crippen LogP contribution in [-0.2, 0) is 17.6 Å². The molecule has 0 aromatic heterocycles. The molecule has 1 heterocycles. The van der Waals surface area contributed by atoms with Crippen molar-refractivity contribution in [1.29, 1.82) is 0 Å². The number of ether oxygens (including phenoxy) is 1. The zero-order valence-electron chi connectivity index (χ0n) is 9.38. The van der Waals surface area contributed by atoms with E-state index in [1.54, 1.807) is 6.92 Å².